The molecule has 0 aliphatic heterocycles. The molecule has 0 aliphatic carbocycles. The van der Waals surface area contributed by atoms with Crippen molar-refractivity contribution in [1.29, 1.82) is 0 Å². The van der Waals surface area contributed by atoms with E-state index in [0.29, 0.717) is 5.56 Å². The number of nitro benzene ring substituents is 1. The lowest BCUT2D eigenvalue weighted by Crippen LogP contribution is -2.00. The molecular formula is C14H10FNO5. The van der Waals surface area contributed by atoms with Crippen LogP contribution in [0.1, 0.15) is 5.56 Å². The van der Waals surface area contributed by atoms with E-state index in [1.165, 1.54) is 12.1 Å². The van der Waals surface area contributed by atoms with Crippen molar-refractivity contribution in [3.05, 3.63) is 64.0 Å². The summed E-state index contributed by atoms with van der Waals surface area (Å²) in [6.45, 7) is 0. The Hall–Kier alpha value is -2.96. The molecule has 0 spiro atoms. The SMILES string of the molecule is O=C(O)Cc1cccc(Oc2ccc([N+](=O)[O-])cc2F)c1. The van der Waals surface area contributed by atoms with Gasteiger partial charge in [-0.25, -0.2) is 4.39 Å². The van der Waals surface area contributed by atoms with Crippen LogP contribution >= 0.6 is 0 Å². The highest BCUT2D eigenvalue weighted by Crippen LogP contribution is 2.27. The first-order valence-electron chi connectivity index (χ1n) is 5.88. The summed E-state index contributed by atoms with van der Waals surface area (Å²) in [7, 11) is 0. The monoisotopic (exact) mass is 291 g/mol. The van der Waals surface area contributed by atoms with Crippen LogP contribution in [0.2, 0.25) is 0 Å². The Morgan fingerprint density at radius 1 is 1.29 bits per heavy atom. The summed E-state index contributed by atoms with van der Waals surface area (Å²) in [4.78, 5) is 20.4. The number of carbonyl (C=O) groups is 1. The zero-order valence-electron chi connectivity index (χ0n) is 10.7. The number of benzene rings is 2. The van der Waals surface area contributed by atoms with Crippen LogP contribution in [0.5, 0.6) is 11.5 Å². The smallest absolute Gasteiger partial charge is 0.307 e. The number of hydrogen-bond donors (Lipinski definition) is 1. The predicted octanol–water partition coefficient (Wildman–Crippen LogP) is 3.15. The van der Waals surface area contributed by atoms with E-state index < -0.39 is 16.7 Å². The van der Waals surface area contributed by atoms with Gasteiger partial charge in [-0.2, -0.15) is 0 Å². The molecule has 7 heteroatoms. The third-order valence-corrected chi connectivity index (χ3v) is 2.61. The fourth-order valence-electron chi connectivity index (χ4n) is 1.71. The maximum atomic E-state index is 13.7. The van der Waals surface area contributed by atoms with E-state index in [0.717, 1.165) is 18.2 Å². The van der Waals surface area contributed by atoms with Gasteiger partial charge in [0.2, 0.25) is 0 Å². The number of non-ortho nitro benzene ring substituents is 1. The summed E-state index contributed by atoms with van der Waals surface area (Å²) in [5.41, 5.74) is 0.127. The van der Waals surface area contributed by atoms with E-state index in [1.54, 1.807) is 12.1 Å². The number of nitrogens with zero attached hydrogens (tertiary/aromatic N) is 1. The molecule has 0 aromatic heterocycles. The first-order chi connectivity index (χ1) is 9.95. The number of ether oxygens (including phenoxy) is 1. The second-order valence-corrected chi connectivity index (χ2v) is 4.19. The van der Waals surface area contributed by atoms with Crippen LogP contribution in [0, 0.1) is 15.9 Å². The van der Waals surface area contributed by atoms with Crippen molar-refractivity contribution in [2.45, 2.75) is 6.42 Å². The first-order valence-corrected chi connectivity index (χ1v) is 5.88. The molecule has 0 radical (unpaired) electrons. The van der Waals surface area contributed by atoms with E-state index in [9.17, 15) is 19.3 Å². The summed E-state index contributed by atoms with van der Waals surface area (Å²) in [5.74, 6) is -1.78. The zero-order valence-corrected chi connectivity index (χ0v) is 10.7. The average molecular weight is 291 g/mol. The van der Waals surface area contributed by atoms with Crippen molar-refractivity contribution < 1.29 is 24.0 Å². The molecular weight excluding hydrogens is 281 g/mol. The lowest BCUT2D eigenvalue weighted by Gasteiger charge is -2.07. The topological polar surface area (TPSA) is 89.7 Å². The summed E-state index contributed by atoms with van der Waals surface area (Å²) in [6, 6.07) is 9.22. The third kappa shape index (κ3) is 3.75. The summed E-state index contributed by atoms with van der Waals surface area (Å²) in [6.07, 6.45) is -0.181. The van der Waals surface area contributed by atoms with E-state index in [2.05, 4.69) is 0 Å². The molecule has 0 unspecified atom stereocenters. The van der Waals surface area contributed by atoms with E-state index >= 15 is 0 Å². The van der Waals surface area contributed by atoms with Gasteiger partial charge < -0.3 is 9.84 Å². The van der Waals surface area contributed by atoms with Gasteiger partial charge in [-0.05, 0) is 23.8 Å². The van der Waals surface area contributed by atoms with Crippen LogP contribution < -0.4 is 4.74 Å². The lowest BCUT2D eigenvalue weighted by molar-refractivity contribution is -0.385. The van der Waals surface area contributed by atoms with Crippen molar-refractivity contribution in [2.24, 2.45) is 0 Å². The molecule has 0 bridgehead atoms. The van der Waals surface area contributed by atoms with Gasteiger partial charge in [-0.15, -0.1) is 0 Å². The van der Waals surface area contributed by atoms with Gasteiger partial charge in [0.1, 0.15) is 5.75 Å². The molecule has 0 atom stereocenters. The highest BCUT2D eigenvalue weighted by molar-refractivity contribution is 5.70. The standard InChI is InChI=1S/C14H10FNO5/c15-12-8-10(16(19)20)4-5-13(12)21-11-3-1-2-9(6-11)7-14(17)18/h1-6,8H,7H2,(H,17,18). The van der Waals surface area contributed by atoms with Gasteiger partial charge in [0.15, 0.2) is 11.6 Å². The summed E-state index contributed by atoms with van der Waals surface area (Å²) in [5, 5.41) is 19.2. The van der Waals surface area contributed by atoms with Crippen molar-refractivity contribution in [3.63, 3.8) is 0 Å². The largest absolute Gasteiger partial charge is 0.481 e. The average Bonchev–Trinajstić information content (AvgIpc) is 2.40. The Bertz CT molecular complexity index is 702. The predicted molar refractivity (Wildman–Crippen MR) is 70.9 cm³/mol. The normalized spacial score (nSPS) is 10.1. The molecule has 21 heavy (non-hydrogen) atoms. The van der Waals surface area contributed by atoms with Gasteiger partial charge >= 0.3 is 5.97 Å². The molecule has 0 saturated carbocycles. The molecule has 0 saturated heterocycles. The number of aliphatic carboxylic acids is 1. The Kier molecular flexibility index (Phi) is 4.13. The molecule has 2 aromatic rings. The minimum Gasteiger partial charge on any atom is -0.481 e. The number of carboxylic acid groups (broad SMARTS) is 1. The van der Waals surface area contributed by atoms with Crippen LogP contribution in [-0.4, -0.2) is 16.0 Å². The summed E-state index contributed by atoms with van der Waals surface area (Å²) < 4.78 is 19.0. The Balaban J connectivity index is 2.22. The van der Waals surface area contributed by atoms with E-state index in [-0.39, 0.29) is 23.6 Å². The van der Waals surface area contributed by atoms with Crippen LogP contribution in [-0.2, 0) is 11.2 Å². The Morgan fingerprint density at radius 2 is 2.05 bits per heavy atom. The number of halogens is 1. The highest BCUT2D eigenvalue weighted by Gasteiger charge is 2.12. The van der Waals surface area contributed by atoms with E-state index in [1.807, 2.05) is 0 Å². The molecule has 0 fully saturated rings. The highest BCUT2D eigenvalue weighted by atomic mass is 19.1. The minimum atomic E-state index is -0.992. The molecule has 1 N–H and O–H groups in total. The maximum Gasteiger partial charge on any atom is 0.307 e. The third-order valence-electron chi connectivity index (χ3n) is 2.61. The van der Waals surface area contributed by atoms with Crippen molar-refractivity contribution >= 4 is 11.7 Å². The molecule has 0 aliphatic rings. The molecule has 108 valence electrons. The van der Waals surface area contributed by atoms with Crippen molar-refractivity contribution in [2.75, 3.05) is 0 Å². The van der Waals surface area contributed by atoms with Gasteiger partial charge in [-0.3, -0.25) is 14.9 Å². The van der Waals surface area contributed by atoms with E-state index in [4.69, 9.17) is 9.84 Å². The van der Waals surface area contributed by atoms with Crippen LogP contribution in [0.15, 0.2) is 42.5 Å². The minimum absolute atomic E-state index is 0.173. The summed E-state index contributed by atoms with van der Waals surface area (Å²) >= 11 is 0. The number of nitro groups is 1. The van der Waals surface area contributed by atoms with Crippen molar-refractivity contribution in [3.8, 4) is 11.5 Å². The fraction of sp³-hybridized carbons (Fsp3) is 0.0714. The van der Waals surface area contributed by atoms with Crippen LogP contribution in [0.4, 0.5) is 10.1 Å². The Labute approximate surface area is 118 Å². The lowest BCUT2D eigenvalue weighted by atomic mass is 10.1. The Morgan fingerprint density at radius 3 is 2.67 bits per heavy atom. The molecule has 2 aromatic carbocycles. The molecule has 0 amide bonds. The number of hydrogen-bond acceptors (Lipinski definition) is 4. The molecule has 2 rings (SSSR count). The molecule has 6 nitrogen and oxygen atoms in total. The van der Waals surface area contributed by atoms with Gasteiger partial charge in [-0.1, -0.05) is 12.1 Å². The number of rotatable bonds is 5. The zero-order chi connectivity index (χ0) is 15.4. The van der Waals surface area contributed by atoms with Crippen LogP contribution in [0.25, 0.3) is 0 Å². The second-order valence-electron chi connectivity index (χ2n) is 4.19. The van der Waals surface area contributed by atoms with Crippen LogP contribution in [0.3, 0.4) is 0 Å². The van der Waals surface area contributed by atoms with Gasteiger partial charge in [0, 0.05) is 6.07 Å². The quantitative estimate of drug-likeness (QED) is 0.675. The number of carboxylic acids is 1. The fourth-order valence-corrected chi connectivity index (χ4v) is 1.71. The first kappa shape index (κ1) is 14.4. The molecule has 0 heterocycles. The van der Waals surface area contributed by atoms with Gasteiger partial charge in [0.25, 0.3) is 5.69 Å². The second kappa shape index (κ2) is 6.00. The van der Waals surface area contributed by atoms with Gasteiger partial charge in [0.05, 0.1) is 17.4 Å². The van der Waals surface area contributed by atoms with Crippen molar-refractivity contribution in [1.82, 2.24) is 0 Å². The maximum absolute atomic E-state index is 13.7.